The molecule has 0 aliphatic carbocycles. The Kier molecular flexibility index (Phi) is 5.05. The minimum absolute atomic E-state index is 0.0338. The van der Waals surface area contributed by atoms with Crippen LogP contribution in [0.5, 0.6) is 11.5 Å². The Morgan fingerprint density at radius 2 is 1.76 bits per heavy atom. The molecule has 1 aliphatic heterocycles. The number of para-hydroxylation sites is 2. The minimum Gasteiger partial charge on any atom is -0.486 e. The van der Waals surface area contributed by atoms with Crippen LogP contribution in [0.2, 0.25) is 0 Å². The number of nitrogens with one attached hydrogen (secondary N) is 1. The summed E-state index contributed by atoms with van der Waals surface area (Å²) in [7, 11) is 1.71. The number of carbonyl (C=O) groups is 1. The molecule has 1 atom stereocenters. The number of carbonyl (C=O) groups excluding carboxylic acids is 1. The summed E-state index contributed by atoms with van der Waals surface area (Å²) in [5.41, 5.74) is 2.29. The van der Waals surface area contributed by atoms with Gasteiger partial charge in [-0.15, -0.1) is 0 Å². The lowest BCUT2D eigenvalue weighted by atomic mass is 9.95. The molecule has 0 saturated carbocycles. The highest BCUT2D eigenvalue weighted by Gasteiger charge is 2.22. The quantitative estimate of drug-likeness (QED) is 0.721. The molecule has 1 aromatic heterocycles. The standard InChI is InChI=1S/C22H25N3O4/c1-14(2)21(15-8-9-18-19(12-15)29-11-10-28-18)23-20(26)13-25-17-7-5-4-6-16(17)24(3)22(25)27/h4-9,12,14,21H,10-11,13H2,1-3H3,(H,23,26)/t21-/m0/s1. The molecule has 29 heavy (non-hydrogen) atoms. The average Bonchev–Trinajstić information content (AvgIpc) is 2.96. The molecular formula is C22H25N3O4. The maximum Gasteiger partial charge on any atom is 0.329 e. The Morgan fingerprint density at radius 1 is 1.07 bits per heavy atom. The molecule has 0 radical (unpaired) electrons. The van der Waals surface area contributed by atoms with E-state index in [4.69, 9.17) is 9.47 Å². The van der Waals surface area contributed by atoms with Gasteiger partial charge in [0.1, 0.15) is 19.8 Å². The average molecular weight is 395 g/mol. The van der Waals surface area contributed by atoms with E-state index >= 15 is 0 Å². The highest BCUT2D eigenvalue weighted by molar-refractivity contribution is 5.81. The van der Waals surface area contributed by atoms with E-state index in [-0.39, 0.29) is 30.1 Å². The number of fused-ring (bicyclic) bond motifs is 2. The van der Waals surface area contributed by atoms with Crippen molar-refractivity contribution >= 4 is 16.9 Å². The third-order valence-electron chi connectivity index (χ3n) is 5.26. The van der Waals surface area contributed by atoms with Crippen molar-refractivity contribution in [3.63, 3.8) is 0 Å². The van der Waals surface area contributed by atoms with Gasteiger partial charge in [0, 0.05) is 7.05 Å². The summed E-state index contributed by atoms with van der Waals surface area (Å²) in [6, 6.07) is 13.0. The Morgan fingerprint density at radius 3 is 2.48 bits per heavy atom. The monoisotopic (exact) mass is 395 g/mol. The van der Waals surface area contributed by atoms with Gasteiger partial charge in [0.15, 0.2) is 11.5 Å². The van der Waals surface area contributed by atoms with Crippen LogP contribution in [-0.4, -0.2) is 28.3 Å². The molecule has 2 heterocycles. The van der Waals surface area contributed by atoms with Crippen molar-refractivity contribution in [2.45, 2.75) is 26.4 Å². The Bertz CT molecular complexity index is 1110. The predicted octanol–water partition coefficient (Wildman–Crippen LogP) is 2.62. The van der Waals surface area contributed by atoms with Crippen LogP contribution in [0.15, 0.2) is 47.3 Å². The number of ether oxygens (including phenoxy) is 2. The molecule has 7 heteroatoms. The zero-order valence-corrected chi connectivity index (χ0v) is 16.8. The van der Waals surface area contributed by atoms with Gasteiger partial charge in [0.05, 0.1) is 17.1 Å². The van der Waals surface area contributed by atoms with Gasteiger partial charge in [0.2, 0.25) is 5.91 Å². The van der Waals surface area contributed by atoms with Crippen molar-refractivity contribution in [1.29, 1.82) is 0 Å². The van der Waals surface area contributed by atoms with Crippen LogP contribution in [-0.2, 0) is 18.4 Å². The molecule has 0 spiro atoms. The van der Waals surface area contributed by atoms with Crippen molar-refractivity contribution in [1.82, 2.24) is 14.5 Å². The lowest BCUT2D eigenvalue weighted by Crippen LogP contribution is -2.36. The zero-order valence-electron chi connectivity index (χ0n) is 16.8. The Labute approximate surface area is 168 Å². The number of amides is 1. The first-order chi connectivity index (χ1) is 14.0. The normalized spacial score (nSPS) is 14.2. The van der Waals surface area contributed by atoms with Crippen LogP contribution in [0, 0.1) is 5.92 Å². The first-order valence-electron chi connectivity index (χ1n) is 9.79. The second-order valence-electron chi connectivity index (χ2n) is 7.61. The maximum absolute atomic E-state index is 12.9. The second kappa shape index (κ2) is 7.66. The highest BCUT2D eigenvalue weighted by Crippen LogP contribution is 2.34. The molecule has 0 unspecified atom stereocenters. The Balaban J connectivity index is 1.58. The van der Waals surface area contributed by atoms with Crippen molar-refractivity contribution in [2.75, 3.05) is 13.2 Å². The highest BCUT2D eigenvalue weighted by atomic mass is 16.6. The maximum atomic E-state index is 12.9. The van der Waals surface area contributed by atoms with Crippen LogP contribution in [0.1, 0.15) is 25.5 Å². The molecule has 152 valence electrons. The van der Waals surface area contributed by atoms with Gasteiger partial charge >= 0.3 is 5.69 Å². The van der Waals surface area contributed by atoms with Gasteiger partial charge in [0.25, 0.3) is 0 Å². The summed E-state index contributed by atoms with van der Waals surface area (Å²) in [5, 5.41) is 3.08. The van der Waals surface area contributed by atoms with Gasteiger partial charge in [-0.1, -0.05) is 32.0 Å². The fourth-order valence-corrected chi connectivity index (χ4v) is 3.77. The molecule has 1 aliphatic rings. The third kappa shape index (κ3) is 3.60. The predicted molar refractivity (Wildman–Crippen MR) is 110 cm³/mol. The third-order valence-corrected chi connectivity index (χ3v) is 5.26. The van der Waals surface area contributed by atoms with E-state index in [1.54, 1.807) is 11.6 Å². The topological polar surface area (TPSA) is 74.5 Å². The van der Waals surface area contributed by atoms with Gasteiger partial charge in [-0.25, -0.2) is 4.79 Å². The van der Waals surface area contributed by atoms with Crippen LogP contribution in [0.25, 0.3) is 11.0 Å². The first-order valence-corrected chi connectivity index (χ1v) is 9.79. The number of hydrogen-bond donors (Lipinski definition) is 1. The van der Waals surface area contributed by atoms with Crippen molar-refractivity contribution < 1.29 is 14.3 Å². The summed E-state index contributed by atoms with van der Waals surface area (Å²) in [6.07, 6.45) is 0. The van der Waals surface area contributed by atoms with Gasteiger partial charge in [-0.2, -0.15) is 0 Å². The number of aryl methyl sites for hydroxylation is 1. The first kappa shape index (κ1) is 19.1. The molecule has 1 amide bonds. The lowest BCUT2D eigenvalue weighted by molar-refractivity contribution is -0.122. The van der Waals surface area contributed by atoms with Crippen molar-refractivity contribution in [3.8, 4) is 11.5 Å². The van der Waals surface area contributed by atoms with Crippen LogP contribution in [0.3, 0.4) is 0 Å². The van der Waals surface area contributed by atoms with E-state index in [1.165, 1.54) is 4.57 Å². The second-order valence-corrected chi connectivity index (χ2v) is 7.61. The zero-order chi connectivity index (χ0) is 20.5. The van der Waals surface area contributed by atoms with E-state index in [9.17, 15) is 9.59 Å². The number of aromatic nitrogens is 2. The summed E-state index contributed by atoms with van der Waals surface area (Å²) in [6.45, 7) is 5.11. The van der Waals surface area contributed by atoms with E-state index in [1.807, 2.05) is 56.3 Å². The van der Waals surface area contributed by atoms with Crippen molar-refractivity contribution in [2.24, 2.45) is 13.0 Å². The number of benzene rings is 2. The molecular weight excluding hydrogens is 370 g/mol. The molecule has 3 aromatic rings. The number of rotatable bonds is 5. The number of imidazole rings is 1. The van der Waals surface area contributed by atoms with Gasteiger partial charge in [-0.3, -0.25) is 13.9 Å². The van der Waals surface area contributed by atoms with Crippen LogP contribution >= 0.6 is 0 Å². The number of nitrogens with zero attached hydrogens (tertiary/aromatic N) is 2. The summed E-state index contributed by atoms with van der Waals surface area (Å²) in [5.74, 6) is 1.36. The summed E-state index contributed by atoms with van der Waals surface area (Å²) >= 11 is 0. The van der Waals surface area contributed by atoms with E-state index < -0.39 is 0 Å². The molecule has 0 bridgehead atoms. The Hall–Kier alpha value is -3.22. The van der Waals surface area contributed by atoms with Crippen LogP contribution < -0.4 is 20.5 Å². The number of hydrogen-bond acceptors (Lipinski definition) is 4. The molecule has 0 saturated heterocycles. The van der Waals surface area contributed by atoms with Crippen LogP contribution in [0.4, 0.5) is 0 Å². The van der Waals surface area contributed by atoms with Gasteiger partial charge in [-0.05, 0) is 35.7 Å². The molecule has 1 N–H and O–H groups in total. The summed E-state index contributed by atoms with van der Waals surface area (Å²) < 4.78 is 14.3. The largest absolute Gasteiger partial charge is 0.486 e. The molecule has 7 nitrogen and oxygen atoms in total. The lowest BCUT2D eigenvalue weighted by Gasteiger charge is -2.25. The smallest absolute Gasteiger partial charge is 0.329 e. The van der Waals surface area contributed by atoms with E-state index in [0.717, 1.165) is 22.3 Å². The fourth-order valence-electron chi connectivity index (χ4n) is 3.77. The summed E-state index contributed by atoms with van der Waals surface area (Å²) in [4.78, 5) is 25.4. The minimum atomic E-state index is -0.211. The van der Waals surface area contributed by atoms with Gasteiger partial charge < -0.3 is 14.8 Å². The van der Waals surface area contributed by atoms with E-state index in [2.05, 4.69) is 5.32 Å². The van der Waals surface area contributed by atoms with E-state index in [0.29, 0.717) is 19.0 Å². The molecule has 0 fully saturated rings. The molecule has 2 aromatic carbocycles. The SMILES string of the molecule is CC(C)[C@H](NC(=O)Cn1c(=O)n(C)c2ccccc21)c1ccc2c(c1)OCCO2. The fraction of sp³-hybridized carbons (Fsp3) is 0.364. The molecule has 4 rings (SSSR count). The van der Waals surface area contributed by atoms with Crippen molar-refractivity contribution in [3.05, 3.63) is 58.5 Å².